The van der Waals surface area contributed by atoms with E-state index in [1.165, 1.54) is 57.8 Å². The van der Waals surface area contributed by atoms with Gasteiger partial charge in [-0.3, -0.25) is 4.79 Å². The minimum Gasteiger partial charge on any atom is -0.394 e. The number of hydrogen-bond donors (Lipinski definition) is 6. The fraction of sp³-hybridized carbons (Fsp3) is 0.674. The summed E-state index contributed by atoms with van der Waals surface area (Å²) in [6.45, 7) is 3.56. The van der Waals surface area contributed by atoms with E-state index in [-0.39, 0.29) is 18.9 Å². The van der Waals surface area contributed by atoms with E-state index in [9.17, 15) is 30.3 Å². The zero-order chi connectivity index (χ0) is 40.2. The molecule has 0 saturated carbocycles. The molecule has 0 aromatic rings. The molecule has 1 rings (SSSR count). The van der Waals surface area contributed by atoms with Crippen LogP contribution in [-0.2, 0) is 14.3 Å². The third kappa shape index (κ3) is 26.8. The number of unbranched alkanes of at least 4 members (excludes halogenated alkanes) is 11. The number of aliphatic hydroxyl groups excluding tert-OH is 5. The molecule has 9 heteroatoms. The van der Waals surface area contributed by atoms with Crippen molar-refractivity contribution in [2.75, 3.05) is 13.2 Å². The molecule has 55 heavy (non-hydrogen) atoms. The van der Waals surface area contributed by atoms with Crippen LogP contribution in [0.5, 0.6) is 0 Å². The van der Waals surface area contributed by atoms with E-state index >= 15 is 0 Å². The smallest absolute Gasteiger partial charge is 0.220 e. The molecule has 0 spiro atoms. The number of aliphatic hydroxyl groups is 5. The molecule has 0 bridgehead atoms. The summed E-state index contributed by atoms with van der Waals surface area (Å²) in [5.41, 5.74) is 0. The van der Waals surface area contributed by atoms with Gasteiger partial charge >= 0.3 is 0 Å². The molecular weight excluding hydrogens is 695 g/mol. The zero-order valence-electron chi connectivity index (χ0n) is 34.1. The molecule has 6 N–H and O–H groups in total. The van der Waals surface area contributed by atoms with Gasteiger partial charge in [-0.2, -0.15) is 0 Å². The Bertz CT molecular complexity index is 1130. The number of allylic oxidation sites excluding steroid dienone is 13. The molecule has 1 aliphatic rings. The van der Waals surface area contributed by atoms with Gasteiger partial charge in [0.15, 0.2) is 6.29 Å². The van der Waals surface area contributed by atoms with Gasteiger partial charge in [0.05, 0.1) is 25.4 Å². The van der Waals surface area contributed by atoms with E-state index in [4.69, 9.17) is 9.47 Å². The second kappa shape index (κ2) is 35.8. The summed E-state index contributed by atoms with van der Waals surface area (Å²) >= 11 is 0. The number of rotatable bonds is 33. The van der Waals surface area contributed by atoms with Crippen molar-refractivity contribution in [1.29, 1.82) is 0 Å². The first kappa shape index (κ1) is 50.4. The highest BCUT2D eigenvalue weighted by molar-refractivity contribution is 5.76. The zero-order valence-corrected chi connectivity index (χ0v) is 34.1. The largest absolute Gasteiger partial charge is 0.394 e. The minimum atomic E-state index is -1.59. The van der Waals surface area contributed by atoms with Gasteiger partial charge in [-0.1, -0.05) is 150 Å². The van der Waals surface area contributed by atoms with Crippen molar-refractivity contribution in [3.05, 3.63) is 85.1 Å². The molecule has 1 aliphatic heterocycles. The lowest BCUT2D eigenvalue weighted by Crippen LogP contribution is -2.60. The highest BCUT2D eigenvalue weighted by Crippen LogP contribution is 2.22. The van der Waals surface area contributed by atoms with Gasteiger partial charge in [-0.25, -0.2) is 0 Å². The highest BCUT2D eigenvalue weighted by Gasteiger charge is 2.44. The average molecular weight is 772 g/mol. The second-order valence-electron chi connectivity index (χ2n) is 14.4. The molecule has 0 aliphatic carbocycles. The Labute approximate surface area is 333 Å². The fourth-order valence-corrected chi connectivity index (χ4v) is 6.02. The maximum atomic E-state index is 12.9. The summed E-state index contributed by atoms with van der Waals surface area (Å²) in [5.74, 6) is -0.276. The summed E-state index contributed by atoms with van der Waals surface area (Å²) in [5, 5.41) is 53.9. The van der Waals surface area contributed by atoms with Gasteiger partial charge in [0.2, 0.25) is 5.91 Å². The topological polar surface area (TPSA) is 149 Å². The van der Waals surface area contributed by atoms with Crippen LogP contribution >= 0.6 is 0 Å². The third-order valence-corrected chi connectivity index (χ3v) is 9.45. The molecule has 1 heterocycles. The Morgan fingerprint density at radius 2 is 1.15 bits per heavy atom. The van der Waals surface area contributed by atoms with E-state index in [1.54, 1.807) is 6.08 Å². The van der Waals surface area contributed by atoms with Crippen molar-refractivity contribution in [2.24, 2.45) is 0 Å². The van der Waals surface area contributed by atoms with Crippen molar-refractivity contribution in [2.45, 2.75) is 185 Å². The molecule has 1 amide bonds. The van der Waals surface area contributed by atoms with Crippen LogP contribution in [0, 0.1) is 0 Å². The lowest BCUT2D eigenvalue weighted by molar-refractivity contribution is -0.302. The molecule has 7 atom stereocenters. The number of nitrogens with one attached hydrogen (secondary N) is 1. The third-order valence-electron chi connectivity index (χ3n) is 9.45. The summed E-state index contributed by atoms with van der Waals surface area (Å²) in [4.78, 5) is 12.9. The summed E-state index contributed by atoms with van der Waals surface area (Å²) in [6.07, 6.45) is 42.2. The normalized spacial score (nSPS) is 22.2. The molecule has 1 saturated heterocycles. The van der Waals surface area contributed by atoms with Gasteiger partial charge in [0.25, 0.3) is 0 Å². The average Bonchev–Trinajstić information content (AvgIpc) is 3.18. The Hall–Kier alpha value is -2.63. The Kier molecular flexibility index (Phi) is 32.8. The van der Waals surface area contributed by atoms with E-state index in [1.807, 2.05) is 18.2 Å². The Morgan fingerprint density at radius 1 is 0.636 bits per heavy atom. The maximum Gasteiger partial charge on any atom is 0.220 e. The number of carbonyl (C=O) groups excluding carboxylic acids is 1. The number of hydrogen-bond acceptors (Lipinski definition) is 8. The molecule has 0 radical (unpaired) electrons. The van der Waals surface area contributed by atoms with Gasteiger partial charge in [0.1, 0.15) is 24.4 Å². The molecule has 1 fully saturated rings. The van der Waals surface area contributed by atoms with Gasteiger partial charge in [-0.05, 0) is 70.6 Å². The minimum absolute atomic E-state index is 0.209. The van der Waals surface area contributed by atoms with Gasteiger partial charge < -0.3 is 40.3 Å². The molecular formula is C46H77NO8. The van der Waals surface area contributed by atoms with Crippen LogP contribution in [0.25, 0.3) is 0 Å². The highest BCUT2D eigenvalue weighted by atomic mass is 16.7. The Balaban J connectivity index is 2.49. The predicted molar refractivity (Wildman–Crippen MR) is 225 cm³/mol. The van der Waals surface area contributed by atoms with Crippen LogP contribution < -0.4 is 5.32 Å². The van der Waals surface area contributed by atoms with E-state index in [0.29, 0.717) is 12.8 Å². The van der Waals surface area contributed by atoms with E-state index in [2.05, 4.69) is 79.9 Å². The quantitative estimate of drug-likeness (QED) is 0.0288. The maximum absolute atomic E-state index is 12.9. The molecule has 7 unspecified atom stereocenters. The van der Waals surface area contributed by atoms with E-state index < -0.39 is 49.5 Å². The van der Waals surface area contributed by atoms with Crippen LogP contribution in [0.15, 0.2) is 85.1 Å². The van der Waals surface area contributed by atoms with Gasteiger partial charge in [-0.15, -0.1) is 0 Å². The molecule has 9 nitrogen and oxygen atoms in total. The molecule has 0 aromatic carbocycles. The first-order chi connectivity index (χ1) is 26.8. The molecule has 0 aromatic heterocycles. The lowest BCUT2D eigenvalue weighted by Gasteiger charge is -2.40. The predicted octanol–water partition coefficient (Wildman–Crippen LogP) is 8.38. The summed E-state index contributed by atoms with van der Waals surface area (Å²) in [6, 6.07) is -0.869. The molecule has 314 valence electrons. The van der Waals surface area contributed by atoms with Crippen LogP contribution in [-0.4, -0.2) is 87.5 Å². The monoisotopic (exact) mass is 772 g/mol. The van der Waals surface area contributed by atoms with Crippen molar-refractivity contribution < 1.29 is 39.8 Å². The first-order valence-corrected chi connectivity index (χ1v) is 21.3. The second-order valence-corrected chi connectivity index (χ2v) is 14.4. The van der Waals surface area contributed by atoms with Crippen molar-refractivity contribution in [3.63, 3.8) is 0 Å². The summed E-state index contributed by atoms with van der Waals surface area (Å²) in [7, 11) is 0. The van der Waals surface area contributed by atoms with Crippen molar-refractivity contribution in [3.8, 4) is 0 Å². The number of ether oxygens (including phenoxy) is 2. The summed E-state index contributed by atoms with van der Waals surface area (Å²) < 4.78 is 11.1. The standard InChI is InChI=1S/C46H77NO8/c1-3-5-7-9-11-13-15-17-18-19-20-21-22-24-25-27-29-31-33-35-40(49)39(38-54-46-45(53)44(52)43(51)41(37-48)55-46)47-42(50)36-34-32-30-28-26-23-16-14-12-10-8-6-4-2/h6,8,12,14,20-21,23,25-27,30,32-33,35,39-41,43-46,48-49,51-53H,3-5,7,9-11,13,15-19,22,24,28-29,31,34,36-38H2,1-2H3,(H,47,50)/b8-6-,14-12-,21-20+,26-23-,27-25+,32-30-,35-33+. The number of amides is 1. The van der Waals surface area contributed by atoms with Crippen LogP contribution in [0.2, 0.25) is 0 Å². The van der Waals surface area contributed by atoms with Crippen LogP contribution in [0.1, 0.15) is 142 Å². The number of carbonyl (C=O) groups is 1. The lowest BCUT2D eigenvalue weighted by atomic mass is 9.99. The van der Waals surface area contributed by atoms with Crippen molar-refractivity contribution >= 4 is 5.91 Å². The van der Waals surface area contributed by atoms with Crippen LogP contribution in [0.4, 0.5) is 0 Å². The first-order valence-electron chi connectivity index (χ1n) is 21.3. The fourth-order valence-electron chi connectivity index (χ4n) is 6.02. The van der Waals surface area contributed by atoms with Crippen molar-refractivity contribution in [1.82, 2.24) is 5.32 Å². The van der Waals surface area contributed by atoms with Gasteiger partial charge in [0, 0.05) is 6.42 Å². The van der Waals surface area contributed by atoms with E-state index in [0.717, 1.165) is 51.4 Å². The SMILES string of the molecule is CC/C=C\C/C=C\C/C=C\C/C=C\CCC(=O)NC(COC1OC(CO)C(O)C(O)C1O)C(O)/C=C/CC/C=C/CC/C=C/CCCCCCCCCCC. The van der Waals surface area contributed by atoms with Crippen LogP contribution in [0.3, 0.4) is 0 Å². The Morgan fingerprint density at radius 3 is 1.73 bits per heavy atom.